The highest BCUT2D eigenvalue weighted by atomic mass is 16.5. The zero-order valence-electron chi connectivity index (χ0n) is 10.5. The molecular weight excluding hydrogens is 210 g/mol. The molecule has 1 heterocycles. The fraction of sp³-hybridized carbons (Fsp3) is 0.600. The van der Waals surface area contributed by atoms with Crippen LogP contribution in [-0.2, 0) is 24.0 Å². The maximum absolute atomic E-state index is 6.45. The van der Waals surface area contributed by atoms with Gasteiger partial charge in [0.25, 0.3) is 0 Å². The molecule has 2 nitrogen and oxygen atoms in total. The van der Waals surface area contributed by atoms with Crippen LogP contribution in [0.5, 0.6) is 0 Å². The van der Waals surface area contributed by atoms with Crippen molar-refractivity contribution in [2.45, 2.75) is 50.7 Å². The lowest BCUT2D eigenvalue weighted by atomic mass is 9.85. The smallest absolute Gasteiger partial charge is 0.0730 e. The van der Waals surface area contributed by atoms with Crippen molar-refractivity contribution in [3.63, 3.8) is 0 Å². The molecule has 3 rings (SSSR count). The molecule has 92 valence electrons. The van der Waals surface area contributed by atoms with Gasteiger partial charge in [0, 0.05) is 12.1 Å². The highest BCUT2D eigenvalue weighted by molar-refractivity contribution is 5.36. The maximum atomic E-state index is 6.45. The number of benzene rings is 1. The van der Waals surface area contributed by atoms with Crippen LogP contribution in [0.3, 0.4) is 0 Å². The van der Waals surface area contributed by atoms with E-state index in [2.05, 4.69) is 25.1 Å². The largest absolute Gasteiger partial charge is 0.377 e. The van der Waals surface area contributed by atoms with Crippen LogP contribution < -0.4 is 5.73 Å². The molecule has 1 aromatic rings. The van der Waals surface area contributed by atoms with Gasteiger partial charge in [0.1, 0.15) is 0 Å². The van der Waals surface area contributed by atoms with Gasteiger partial charge in [0.2, 0.25) is 0 Å². The second kappa shape index (κ2) is 4.11. The zero-order valence-corrected chi connectivity index (χ0v) is 10.5. The molecule has 0 aromatic heterocycles. The van der Waals surface area contributed by atoms with Crippen LogP contribution in [0.25, 0.3) is 0 Å². The van der Waals surface area contributed by atoms with Crippen molar-refractivity contribution >= 4 is 0 Å². The molecule has 0 saturated carbocycles. The monoisotopic (exact) mass is 231 g/mol. The molecule has 1 aliphatic carbocycles. The van der Waals surface area contributed by atoms with Crippen LogP contribution in [0, 0.1) is 0 Å². The quantitative estimate of drug-likeness (QED) is 0.847. The average molecular weight is 231 g/mol. The molecule has 2 N–H and O–H groups in total. The topological polar surface area (TPSA) is 35.2 Å². The van der Waals surface area contributed by atoms with Gasteiger partial charge in [0.05, 0.1) is 6.10 Å². The van der Waals surface area contributed by atoms with Crippen molar-refractivity contribution in [1.82, 2.24) is 0 Å². The van der Waals surface area contributed by atoms with Crippen LogP contribution in [0.15, 0.2) is 18.2 Å². The Morgan fingerprint density at radius 1 is 1.35 bits per heavy atom. The van der Waals surface area contributed by atoms with Crippen molar-refractivity contribution in [2.24, 2.45) is 5.73 Å². The summed E-state index contributed by atoms with van der Waals surface area (Å²) in [6, 6.07) is 6.91. The second-order valence-corrected chi connectivity index (χ2v) is 5.63. The van der Waals surface area contributed by atoms with Gasteiger partial charge in [-0.2, -0.15) is 0 Å². The van der Waals surface area contributed by atoms with Crippen molar-refractivity contribution in [3.05, 3.63) is 34.9 Å². The zero-order chi connectivity index (χ0) is 11.9. The molecule has 2 atom stereocenters. The van der Waals surface area contributed by atoms with E-state index in [9.17, 15) is 0 Å². The first-order chi connectivity index (χ1) is 8.17. The SMILES string of the molecule is CC1OCCC1(N)Cc1ccc2c(c1)CCC2. The molecule has 2 aliphatic rings. The van der Waals surface area contributed by atoms with Crippen LogP contribution in [-0.4, -0.2) is 18.2 Å². The Morgan fingerprint density at radius 3 is 2.94 bits per heavy atom. The third kappa shape index (κ3) is 2.00. The number of rotatable bonds is 2. The number of aryl methyl sites for hydroxylation is 2. The molecule has 0 amide bonds. The summed E-state index contributed by atoms with van der Waals surface area (Å²) in [5.41, 5.74) is 10.8. The molecule has 0 bridgehead atoms. The lowest BCUT2D eigenvalue weighted by Crippen LogP contribution is -2.48. The normalized spacial score (nSPS) is 31.8. The molecule has 1 fully saturated rings. The molecule has 1 aromatic carbocycles. The lowest BCUT2D eigenvalue weighted by Gasteiger charge is -2.27. The number of fused-ring (bicyclic) bond motifs is 1. The van der Waals surface area contributed by atoms with Gasteiger partial charge < -0.3 is 10.5 Å². The minimum atomic E-state index is -0.160. The van der Waals surface area contributed by atoms with Crippen molar-refractivity contribution in [2.75, 3.05) is 6.61 Å². The van der Waals surface area contributed by atoms with Gasteiger partial charge >= 0.3 is 0 Å². The van der Waals surface area contributed by atoms with Crippen LogP contribution in [0.4, 0.5) is 0 Å². The van der Waals surface area contributed by atoms with Gasteiger partial charge in [-0.15, -0.1) is 0 Å². The van der Waals surface area contributed by atoms with E-state index < -0.39 is 0 Å². The molecule has 0 spiro atoms. The summed E-state index contributed by atoms with van der Waals surface area (Å²) in [4.78, 5) is 0. The van der Waals surface area contributed by atoms with E-state index in [1.807, 2.05) is 0 Å². The third-order valence-corrected chi connectivity index (χ3v) is 4.44. The Bertz CT molecular complexity index is 429. The highest BCUT2D eigenvalue weighted by Crippen LogP contribution is 2.29. The summed E-state index contributed by atoms with van der Waals surface area (Å²) in [5, 5.41) is 0. The molecule has 17 heavy (non-hydrogen) atoms. The fourth-order valence-electron chi connectivity index (χ4n) is 3.14. The van der Waals surface area contributed by atoms with Crippen molar-refractivity contribution in [1.29, 1.82) is 0 Å². The summed E-state index contributed by atoms with van der Waals surface area (Å²) in [5.74, 6) is 0. The molecule has 1 saturated heterocycles. The number of hydrogen-bond acceptors (Lipinski definition) is 2. The lowest BCUT2D eigenvalue weighted by molar-refractivity contribution is 0.0955. The summed E-state index contributed by atoms with van der Waals surface area (Å²) >= 11 is 0. The maximum Gasteiger partial charge on any atom is 0.0730 e. The van der Waals surface area contributed by atoms with E-state index in [-0.39, 0.29) is 11.6 Å². The Kier molecular flexibility index (Phi) is 2.72. The van der Waals surface area contributed by atoms with E-state index >= 15 is 0 Å². The average Bonchev–Trinajstić information content (AvgIpc) is 2.87. The van der Waals surface area contributed by atoms with Crippen molar-refractivity contribution in [3.8, 4) is 0 Å². The fourth-order valence-corrected chi connectivity index (χ4v) is 3.14. The molecule has 1 aliphatic heterocycles. The van der Waals surface area contributed by atoms with Gasteiger partial charge in [-0.25, -0.2) is 0 Å². The summed E-state index contributed by atoms with van der Waals surface area (Å²) in [6.07, 6.45) is 5.91. The Balaban J connectivity index is 1.81. The number of nitrogens with two attached hydrogens (primary N) is 1. The molecule has 2 unspecified atom stereocenters. The van der Waals surface area contributed by atoms with E-state index in [1.165, 1.54) is 36.0 Å². The molecule has 0 radical (unpaired) electrons. The van der Waals surface area contributed by atoms with Crippen LogP contribution >= 0.6 is 0 Å². The van der Waals surface area contributed by atoms with Gasteiger partial charge in [-0.05, 0) is 55.7 Å². The second-order valence-electron chi connectivity index (χ2n) is 5.63. The van der Waals surface area contributed by atoms with Crippen LogP contribution in [0.2, 0.25) is 0 Å². The molecular formula is C15H21NO. The number of hydrogen-bond donors (Lipinski definition) is 1. The minimum absolute atomic E-state index is 0.160. The minimum Gasteiger partial charge on any atom is -0.377 e. The first-order valence-electron chi connectivity index (χ1n) is 6.68. The van der Waals surface area contributed by atoms with Crippen molar-refractivity contribution < 1.29 is 4.74 Å². The summed E-state index contributed by atoms with van der Waals surface area (Å²) in [7, 11) is 0. The van der Waals surface area contributed by atoms with Gasteiger partial charge in [-0.1, -0.05) is 18.2 Å². The summed E-state index contributed by atoms with van der Waals surface area (Å²) in [6.45, 7) is 2.91. The van der Waals surface area contributed by atoms with E-state index in [4.69, 9.17) is 10.5 Å². The first-order valence-corrected chi connectivity index (χ1v) is 6.68. The standard InChI is InChI=1S/C15H21NO/c1-11-15(16,7-8-17-11)10-12-5-6-13-3-2-4-14(13)9-12/h5-6,9,11H,2-4,7-8,10,16H2,1H3. The Labute approximate surface area is 103 Å². The van der Waals surface area contributed by atoms with E-state index in [1.54, 1.807) is 0 Å². The molecule has 2 heteroatoms. The Morgan fingerprint density at radius 2 is 2.18 bits per heavy atom. The third-order valence-electron chi connectivity index (χ3n) is 4.44. The Hall–Kier alpha value is -0.860. The first kappa shape index (κ1) is 11.2. The predicted molar refractivity (Wildman–Crippen MR) is 69.1 cm³/mol. The predicted octanol–water partition coefficient (Wildman–Crippen LogP) is 2.22. The van der Waals surface area contributed by atoms with Crippen LogP contribution in [0.1, 0.15) is 36.5 Å². The van der Waals surface area contributed by atoms with E-state index in [0.717, 1.165) is 19.4 Å². The summed E-state index contributed by atoms with van der Waals surface area (Å²) < 4.78 is 5.61. The number of ether oxygens (including phenoxy) is 1. The van der Waals surface area contributed by atoms with E-state index in [0.29, 0.717) is 0 Å². The van der Waals surface area contributed by atoms with Gasteiger partial charge in [0.15, 0.2) is 0 Å². The highest BCUT2D eigenvalue weighted by Gasteiger charge is 2.37. The van der Waals surface area contributed by atoms with Gasteiger partial charge in [-0.3, -0.25) is 0 Å².